The largest absolute Gasteiger partial charge is 0.310 e. The van der Waals surface area contributed by atoms with Crippen molar-refractivity contribution in [3.8, 4) is 11.1 Å². The molecule has 0 aliphatic rings. The summed E-state index contributed by atoms with van der Waals surface area (Å²) in [6.45, 7) is 4.42. The molecule has 0 saturated heterocycles. The molecule has 0 fully saturated rings. The Morgan fingerprint density at radius 2 is 0.746 bits per heavy atom. The highest BCUT2D eigenvalue weighted by Gasteiger charge is 2.23. The average molecular weight is 773 g/mol. The summed E-state index contributed by atoms with van der Waals surface area (Å²) in [6, 6.07) is 75.7. The van der Waals surface area contributed by atoms with E-state index in [0.29, 0.717) is 0 Å². The summed E-state index contributed by atoms with van der Waals surface area (Å²) in [5, 5.41) is 9.85. The van der Waals surface area contributed by atoms with Gasteiger partial charge >= 0.3 is 0 Å². The van der Waals surface area contributed by atoms with Crippen LogP contribution in [0.1, 0.15) is 11.1 Å². The quantitative estimate of drug-likeness (QED) is 0.149. The fourth-order valence-corrected chi connectivity index (χ4v) is 10.1. The molecular formula is C56H40N2S. The predicted octanol–water partition coefficient (Wildman–Crippen LogP) is 16.7. The number of fused-ring (bicyclic) bond motifs is 8. The SMILES string of the molecule is Cc1ccccc1-c1cc(N(c2ccccc2)c2cc3c4ccccc4c(N(c4ccccc4)c4ccc5sc6ccccc6c5c4)cc3c3ccccc23)ccc1C. The van der Waals surface area contributed by atoms with Crippen LogP contribution in [0, 0.1) is 13.8 Å². The summed E-state index contributed by atoms with van der Waals surface area (Å²) in [5.74, 6) is 0. The Labute approximate surface area is 348 Å². The molecule has 10 aromatic carbocycles. The zero-order chi connectivity index (χ0) is 39.5. The summed E-state index contributed by atoms with van der Waals surface area (Å²) in [5.41, 5.74) is 11.8. The van der Waals surface area contributed by atoms with Crippen LogP contribution in [0.3, 0.4) is 0 Å². The van der Waals surface area contributed by atoms with Gasteiger partial charge in [-0.3, -0.25) is 0 Å². The number of para-hydroxylation sites is 2. The second-order valence-electron chi connectivity index (χ2n) is 15.4. The van der Waals surface area contributed by atoms with E-state index in [4.69, 9.17) is 0 Å². The topological polar surface area (TPSA) is 6.48 Å². The molecule has 0 unspecified atom stereocenters. The molecule has 2 nitrogen and oxygen atoms in total. The molecule has 3 heteroatoms. The van der Waals surface area contributed by atoms with Crippen LogP contribution in [-0.2, 0) is 0 Å². The highest BCUT2D eigenvalue weighted by molar-refractivity contribution is 7.25. The van der Waals surface area contributed by atoms with Crippen LogP contribution >= 0.6 is 11.3 Å². The number of anilines is 6. The summed E-state index contributed by atoms with van der Waals surface area (Å²) < 4.78 is 2.61. The lowest BCUT2D eigenvalue weighted by Crippen LogP contribution is -2.12. The van der Waals surface area contributed by atoms with Crippen LogP contribution in [-0.4, -0.2) is 0 Å². The van der Waals surface area contributed by atoms with Crippen molar-refractivity contribution in [2.75, 3.05) is 9.80 Å². The first-order valence-electron chi connectivity index (χ1n) is 20.3. The van der Waals surface area contributed by atoms with Gasteiger partial charge in [-0.2, -0.15) is 0 Å². The second-order valence-corrected chi connectivity index (χ2v) is 16.5. The van der Waals surface area contributed by atoms with Gasteiger partial charge in [0.05, 0.1) is 11.4 Å². The fraction of sp³-hybridized carbons (Fsp3) is 0.0357. The van der Waals surface area contributed by atoms with Gasteiger partial charge in [-0.15, -0.1) is 11.3 Å². The van der Waals surface area contributed by atoms with E-state index in [-0.39, 0.29) is 0 Å². The van der Waals surface area contributed by atoms with Crippen LogP contribution in [0.15, 0.2) is 206 Å². The van der Waals surface area contributed by atoms with Crippen LogP contribution in [0.2, 0.25) is 0 Å². The minimum Gasteiger partial charge on any atom is -0.310 e. The third-order valence-electron chi connectivity index (χ3n) is 11.9. The standard InChI is InChI=1S/C56H40N2S/c1-37-17-9-10-22-43(37)49-33-41(30-29-38(49)2)57(39-18-5-3-6-19-39)53-35-50-45-24-12-14-26-47(45)54(36-51(50)44-23-11-13-25-46(44)53)58(40-20-7-4-8-21-40)42-31-32-56-52(34-42)48-27-15-16-28-55(48)59-56/h3-36H,1-2H3. The molecule has 1 heterocycles. The Kier molecular flexibility index (Phi) is 8.49. The molecule has 0 N–H and O–H groups in total. The van der Waals surface area contributed by atoms with Crippen LogP contribution in [0.4, 0.5) is 34.1 Å². The molecule has 0 atom stereocenters. The van der Waals surface area contributed by atoms with Crippen molar-refractivity contribution in [1.29, 1.82) is 0 Å². The number of rotatable bonds is 7. The first-order chi connectivity index (χ1) is 29.1. The smallest absolute Gasteiger partial charge is 0.0546 e. The Balaban J connectivity index is 1.19. The molecule has 11 aromatic rings. The van der Waals surface area contributed by atoms with E-state index < -0.39 is 0 Å². The van der Waals surface area contributed by atoms with Crippen LogP contribution in [0.5, 0.6) is 0 Å². The Bertz CT molecular complexity index is 3370. The number of aryl methyl sites for hydroxylation is 2. The van der Waals surface area contributed by atoms with Gasteiger partial charge in [0, 0.05) is 53.7 Å². The van der Waals surface area contributed by atoms with Crippen molar-refractivity contribution < 1.29 is 0 Å². The van der Waals surface area contributed by atoms with Crippen molar-refractivity contribution in [2.24, 2.45) is 0 Å². The summed E-state index contributed by atoms with van der Waals surface area (Å²) >= 11 is 1.86. The van der Waals surface area contributed by atoms with Gasteiger partial charge in [-0.05, 0) is 130 Å². The number of nitrogens with zero attached hydrogens (tertiary/aromatic N) is 2. The lowest BCUT2D eigenvalue weighted by molar-refractivity contribution is 1.29. The van der Waals surface area contributed by atoms with E-state index in [0.717, 1.165) is 34.1 Å². The molecule has 0 saturated carbocycles. The highest BCUT2D eigenvalue weighted by atomic mass is 32.1. The fourth-order valence-electron chi connectivity index (χ4n) is 9.06. The Morgan fingerprint density at radius 3 is 1.36 bits per heavy atom. The minimum atomic E-state index is 1.11. The molecular weight excluding hydrogens is 733 g/mol. The monoisotopic (exact) mass is 772 g/mol. The van der Waals surface area contributed by atoms with Gasteiger partial charge in [0.25, 0.3) is 0 Å². The van der Waals surface area contributed by atoms with Crippen LogP contribution in [0.25, 0.3) is 63.6 Å². The molecule has 1 aromatic heterocycles. The number of benzene rings is 10. The maximum atomic E-state index is 2.45. The zero-order valence-electron chi connectivity index (χ0n) is 32.9. The minimum absolute atomic E-state index is 1.11. The third kappa shape index (κ3) is 5.93. The average Bonchev–Trinajstić information content (AvgIpc) is 3.66. The molecule has 0 aliphatic carbocycles. The molecule has 0 radical (unpaired) electrons. The normalized spacial score (nSPS) is 11.6. The first-order valence-corrected chi connectivity index (χ1v) is 21.1. The van der Waals surface area contributed by atoms with Crippen molar-refractivity contribution in [1.82, 2.24) is 0 Å². The Hall–Kier alpha value is -7.20. The Morgan fingerprint density at radius 1 is 0.288 bits per heavy atom. The first kappa shape index (κ1) is 35.0. The van der Waals surface area contributed by atoms with Crippen LogP contribution < -0.4 is 9.80 Å². The van der Waals surface area contributed by atoms with Gasteiger partial charge < -0.3 is 9.80 Å². The number of hydrogen-bond donors (Lipinski definition) is 0. The summed E-state index contributed by atoms with van der Waals surface area (Å²) in [7, 11) is 0. The van der Waals surface area contributed by atoms with Gasteiger partial charge in [-0.1, -0.05) is 133 Å². The van der Waals surface area contributed by atoms with Gasteiger partial charge in [0.1, 0.15) is 0 Å². The highest BCUT2D eigenvalue weighted by Crippen LogP contribution is 2.49. The molecule has 0 bridgehead atoms. The maximum absolute atomic E-state index is 2.45. The van der Waals surface area contributed by atoms with Crippen molar-refractivity contribution in [3.63, 3.8) is 0 Å². The van der Waals surface area contributed by atoms with Gasteiger partial charge in [0.2, 0.25) is 0 Å². The molecule has 11 rings (SSSR count). The third-order valence-corrected chi connectivity index (χ3v) is 13.0. The van der Waals surface area contributed by atoms with E-state index in [9.17, 15) is 0 Å². The van der Waals surface area contributed by atoms with E-state index in [1.165, 1.54) is 74.7 Å². The predicted molar refractivity (Wildman–Crippen MR) is 256 cm³/mol. The molecule has 0 aliphatic heterocycles. The van der Waals surface area contributed by atoms with Crippen molar-refractivity contribution in [2.45, 2.75) is 13.8 Å². The lowest BCUT2D eigenvalue weighted by Gasteiger charge is -2.30. The summed E-state index contributed by atoms with van der Waals surface area (Å²) in [6.07, 6.45) is 0. The second kappa shape index (κ2) is 14.3. The zero-order valence-corrected chi connectivity index (χ0v) is 33.7. The number of hydrogen-bond acceptors (Lipinski definition) is 3. The molecule has 0 amide bonds. The molecule has 280 valence electrons. The lowest BCUT2D eigenvalue weighted by atomic mass is 9.92. The number of thiophene rings is 1. The van der Waals surface area contributed by atoms with Crippen molar-refractivity contribution in [3.05, 3.63) is 217 Å². The van der Waals surface area contributed by atoms with E-state index in [1.54, 1.807) is 0 Å². The van der Waals surface area contributed by atoms with Gasteiger partial charge in [0.15, 0.2) is 0 Å². The van der Waals surface area contributed by atoms with E-state index in [1.807, 2.05) is 11.3 Å². The van der Waals surface area contributed by atoms with Gasteiger partial charge in [-0.25, -0.2) is 0 Å². The molecule has 59 heavy (non-hydrogen) atoms. The summed E-state index contributed by atoms with van der Waals surface area (Å²) in [4.78, 5) is 4.90. The maximum Gasteiger partial charge on any atom is 0.0546 e. The van der Waals surface area contributed by atoms with E-state index >= 15 is 0 Å². The van der Waals surface area contributed by atoms with Crippen molar-refractivity contribution >= 4 is 98.0 Å². The van der Waals surface area contributed by atoms with E-state index in [2.05, 4.69) is 230 Å². The molecule has 0 spiro atoms.